The Balaban J connectivity index is 2.80. The lowest BCUT2D eigenvalue weighted by Gasteiger charge is -2.35. The quantitative estimate of drug-likeness (QED) is 0.830. The monoisotopic (exact) mass is 252 g/mol. The van der Waals surface area contributed by atoms with Crippen LogP contribution in [0.3, 0.4) is 0 Å². The first-order valence-corrected chi connectivity index (χ1v) is 5.72. The van der Waals surface area contributed by atoms with E-state index < -0.39 is 30.2 Å². The van der Waals surface area contributed by atoms with Crippen LogP contribution in [0.4, 0.5) is 13.2 Å². The SMILES string of the molecule is CC(C)N(CC(F)(F)F)C(=O)C(C)(N)C1CC1. The Hall–Kier alpha value is -0.780. The van der Waals surface area contributed by atoms with Gasteiger partial charge in [0.05, 0.1) is 5.54 Å². The van der Waals surface area contributed by atoms with Crippen molar-refractivity contribution in [3.05, 3.63) is 0 Å². The fraction of sp³-hybridized carbons (Fsp3) is 0.909. The molecule has 1 atom stereocenters. The zero-order valence-corrected chi connectivity index (χ0v) is 10.3. The summed E-state index contributed by atoms with van der Waals surface area (Å²) in [6.07, 6.45) is -2.76. The van der Waals surface area contributed by atoms with E-state index in [1.165, 1.54) is 6.92 Å². The number of amides is 1. The van der Waals surface area contributed by atoms with Crippen LogP contribution < -0.4 is 5.73 Å². The first-order chi connectivity index (χ1) is 7.55. The number of nitrogens with zero attached hydrogens (tertiary/aromatic N) is 1. The molecule has 1 aliphatic rings. The van der Waals surface area contributed by atoms with Crippen molar-refractivity contribution in [3.63, 3.8) is 0 Å². The van der Waals surface area contributed by atoms with Crippen LogP contribution in [-0.2, 0) is 4.79 Å². The van der Waals surface area contributed by atoms with E-state index in [0.29, 0.717) is 0 Å². The van der Waals surface area contributed by atoms with Crippen molar-refractivity contribution in [2.75, 3.05) is 6.54 Å². The Morgan fingerprint density at radius 3 is 2.18 bits per heavy atom. The molecule has 1 aliphatic carbocycles. The zero-order chi connectivity index (χ0) is 13.4. The van der Waals surface area contributed by atoms with E-state index in [2.05, 4.69) is 0 Å². The molecule has 0 aromatic rings. The molecule has 1 amide bonds. The van der Waals surface area contributed by atoms with Crippen molar-refractivity contribution in [1.29, 1.82) is 0 Å². The normalized spacial score (nSPS) is 20.2. The van der Waals surface area contributed by atoms with Crippen molar-refractivity contribution >= 4 is 5.91 Å². The third-order valence-corrected chi connectivity index (χ3v) is 3.12. The molecule has 1 fully saturated rings. The van der Waals surface area contributed by atoms with Crippen LogP contribution in [0, 0.1) is 5.92 Å². The van der Waals surface area contributed by atoms with Gasteiger partial charge in [0.1, 0.15) is 6.54 Å². The Morgan fingerprint density at radius 2 is 1.88 bits per heavy atom. The smallest absolute Gasteiger partial charge is 0.330 e. The van der Waals surface area contributed by atoms with Gasteiger partial charge in [-0.05, 0) is 39.5 Å². The summed E-state index contributed by atoms with van der Waals surface area (Å²) >= 11 is 0. The summed E-state index contributed by atoms with van der Waals surface area (Å²) < 4.78 is 37.2. The number of carbonyl (C=O) groups excluding carboxylic acids is 1. The second kappa shape index (κ2) is 4.48. The summed E-state index contributed by atoms with van der Waals surface area (Å²) in [7, 11) is 0. The van der Waals surface area contributed by atoms with Gasteiger partial charge in [0.15, 0.2) is 0 Å². The van der Waals surface area contributed by atoms with Gasteiger partial charge in [-0.2, -0.15) is 13.2 Å². The molecule has 0 radical (unpaired) electrons. The highest BCUT2D eigenvalue weighted by Gasteiger charge is 2.48. The highest BCUT2D eigenvalue weighted by Crippen LogP contribution is 2.39. The number of halogens is 3. The van der Waals surface area contributed by atoms with E-state index in [-0.39, 0.29) is 5.92 Å². The van der Waals surface area contributed by atoms with Gasteiger partial charge in [0.2, 0.25) is 5.91 Å². The average Bonchev–Trinajstić information content (AvgIpc) is 2.93. The Morgan fingerprint density at radius 1 is 1.41 bits per heavy atom. The van der Waals surface area contributed by atoms with Gasteiger partial charge in [-0.3, -0.25) is 4.79 Å². The lowest BCUT2D eigenvalue weighted by Crippen LogP contribution is -2.58. The minimum absolute atomic E-state index is 0.0180. The number of alkyl halides is 3. The molecule has 0 saturated heterocycles. The second-order valence-electron chi connectivity index (χ2n) is 5.20. The number of rotatable bonds is 4. The summed E-state index contributed by atoms with van der Waals surface area (Å²) in [6, 6.07) is -0.509. The number of nitrogens with two attached hydrogens (primary N) is 1. The van der Waals surface area contributed by atoms with Gasteiger partial charge < -0.3 is 10.6 Å². The van der Waals surface area contributed by atoms with Crippen LogP contribution in [0.5, 0.6) is 0 Å². The molecule has 0 heterocycles. The second-order valence-corrected chi connectivity index (χ2v) is 5.20. The van der Waals surface area contributed by atoms with Crippen LogP contribution in [0.25, 0.3) is 0 Å². The fourth-order valence-electron chi connectivity index (χ4n) is 1.85. The van der Waals surface area contributed by atoms with E-state index in [9.17, 15) is 18.0 Å². The molecule has 1 unspecified atom stereocenters. The molecule has 6 heteroatoms. The maximum Gasteiger partial charge on any atom is 0.406 e. The summed E-state index contributed by atoms with van der Waals surface area (Å²) in [5.41, 5.74) is 4.69. The Kier molecular flexibility index (Phi) is 3.76. The fourth-order valence-corrected chi connectivity index (χ4v) is 1.85. The first kappa shape index (κ1) is 14.3. The summed E-state index contributed by atoms with van der Waals surface area (Å²) in [6.45, 7) is 3.42. The van der Waals surface area contributed by atoms with E-state index in [4.69, 9.17) is 5.73 Å². The molecule has 0 aromatic carbocycles. The van der Waals surface area contributed by atoms with E-state index in [1.54, 1.807) is 13.8 Å². The van der Waals surface area contributed by atoms with Crippen molar-refractivity contribution in [2.24, 2.45) is 11.7 Å². The topological polar surface area (TPSA) is 46.3 Å². The summed E-state index contributed by atoms with van der Waals surface area (Å²) in [4.78, 5) is 12.9. The van der Waals surface area contributed by atoms with Crippen LogP contribution in [0.15, 0.2) is 0 Å². The highest BCUT2D eigenvalue weighted by molar-refractivity contribution is 5.86. The lowest BCUT2D eigenvalue weighted by molar-refractivity contribution is -0.168. The maximum absolute atomic E-state index is 12.4. The molecule has 0 bridgehead atoms. The molecule has 2 N–H and O–H groups in total. The molecule has 100 valence electrons. The van der Waals surface area contributed by atoms with Crippen molar-refractivity contribution in [3.8, 4) is 0 Å². The van der Waals surface area contributed by atoms with E-state index in [1.807, 2.05) is 0 Å². The predicted molar refractivity (Wildman–Crippen MR) is 58.2 cm³/mol. The van der Waals surface area contributed by atoms with E-state index >= 15 is 0 Å². The minimum atomic E-state index is -4.39. The largest absolute Gasteiger partial charge is 0.406 e. The molecule has 0 spiro atoms. The average molecular weight is 252 g/mol. The molecular formula is C11H19F3N2O. The van der Waals surface area contributed by atoms with Gasteiger partial charge in [-0.1, -0.05) is 0 Å². The van der Waals surface area contributed by atoms with Crippen molar-refractivity contribution in [1.82, 2.24) is 4.90 Å². The first-order valence-electron chi connectivity index (χ1n) is 5.72. The summed E-state index contributed by atoms with van der Waals surface area (Å²) in [5, 5.41) is 0. The maximum atomic E-state index is 12.4. The van der Waals surface area contributed by atoms with Gasteiger partial charge >= 0.3 is 6.18 Å². The van der Waals surface area contributed by atoms with Gasteiger partial charge in [-0.15, -0.1) is 0 Å². The molecule has 0 aliphatic heterocycles. The molecular weight excluding hydrogens is 233 g/mol. The van der Waals surface area contributed by atoms with Gasteiger partial charge in [-0.25, -0.2) is 0 Å². The molecule has 17 heavy (non-hydrogen) atoms. The third-order valence-electron chi connectivity index (χ3n) is 3.12. The van der Waals surface area contributed by atoms with Crippen LogP contribution in [-0.4, -0.2) is 35.1 Å². The standard InChI is InChI=1S/C11H19F3N2O/c1-7(2)16(6-11(12,13)14)9(17)10(3,15)8-4-5-8/h7-8H,4-6,15H2,1-3H3. The van der Waals surface area contributed by atoms with Gasteiger partial charge in [0.25, 0.3) is 0 Å². The van der Waals surface area contributed by atoms with Crippen molar-refractivity contribution < 1.29 is 18.0 Å². The molecule has 0 aromatic heterocycles. The van der Waals surface area contributed by atoms with Crippen molar-refractivity contribution in [2.45, 2.75) is 51.4 Å². The van der Waals surface area contributed by atoms with Crippen LogP contribution in [0.2, 0.25) is 0 Å². The molecule has 1 rings (SSSR count). The van der Waals surface area contributed by atoms with Crippen LogP contribution in [0.1, 0.15) is 33.6 Å². The Bertz CT molecular complexity index is 296. The molecule has 3 nitrogen and oxygen atoms in total. The number of hydrogen-bond donors (Lipinski definition) is 1. The minimum Gasteiger partial charge on any atom is -0.330 e. The number of hydrogen-bond acceptors (Lipinski definition) is 2. The lowest BCUT2D eigenvalue weighted by atomic mass is 9.94. The Labute approximate surface area is 99.1 Å². The predicted octanol–water partition coefficient (Wildman–Crippen LogP) is 1.91. The van der Waals surface area contributed by atoms with Crippen LogP contribution >= 0.6 is 0 Å². The highest BCUT2D eigenvalue weighted by atomic mass is 19.4. The summed E-state index contributed by atoms with van der Waals surface area (Å²) in [5.74, 6) is -0.586. The third kappa shape index (κ3) is 3.59. The zero-order valence-electron chi connectivity index (χ0n) is 10.3. The van der Waals surface area contributed by atoms with Gasteiger partial charge in [0, 0.05) is 6.04 Å². The molecule has 1 saturated carbocycles. The van der Waals surface area contributed by atoms with E-state index in [0.717, 1.165) is 17.7 Å². The number of carbonyl (C=O) groups is 1.